The van der Waals surface area contributed by atoms with Crippen molar-refractivity contribution in [2.75, 3.05) is 18.1 Å². The maximum atomic E-state index is 8.74. The van der Waals surface area contributed by atoms with Gasteiger partial charge in [-0.1, -0.05) is 18.1 Å². The Kier molecular flexibility index (Phi) is 6.18. The van der Waals surface area contributed by atoms with Crippen molar-refractivity contribution in [2.24, 2.45) is 0 Å². The highest BCUT2D eigenvalue weighted by molar-refractivity contribution is 7.99. The Balaban J connectivity index is 2.22. The molecule has 0 spiro atoms. The Morgan fingerprint density at radius 2 is 2.31 bits per heavy atom. The predicted octanol–water partition coefficient (Wildman–Crippen LogP) is 2.01. The van der Waals surface area contributed by atoms with Crippen molar-refractivity contribution < 1.29 is 0 Å². The Hall–Kier alpha value is -1.42. The van der Waals surface area contributed by atoms with Gasteiger partial charge in [-0.25, -0.2) is 0 Å². The molecule has 0 aliphatic heterocycles. The topological polar surface area (TPSA) is 35.8 Å². The summed E-state index contributed by atoms with van der Waals surface area (Å²) in [4.78, 5) is 0. The molecule has 0 aliphatic carbocycles. The van der Waals surface area contributed by atoms with Crippen LogP contribution in [0, 0.1) is 23.7 Å². The van der Waals surface area contributed by atoms with Crippen molar-refractivity contribution in [1.82, 2.24) is 5.32 Å². The molecule has 0 saturated carbocycles. The maximum Gasteiger partial charge on any atom is 0.0991 e. The Morgan fingerprint density at radius 1 is 1.44 bits per heavy atom. The number of terminal acetylenes is 1. The molecule has 1 aromatic carbocycles. The lowest BCUT2D eigenvalue weighted by Gasteiger charge is -2.04. The number of thioether (sulfide) groups is 1. The first kappa shape index (κ1) is 12.6. The smallest absolute Gasteiger partial charge is 0.0991 e. The molecule has 0 aliphatic rings. The summed E-state index contributed by atoms with van der Waals surface area (Å²) in [6.07, 6.45) is 5.14. The second-order valence-electron chi connectivity index (χ2n) is 3.25. The average Bonchev–Trinajstić information content (AvgIpc) is 2.34. The van der Waals surface area contributed by atoms with Gasteiger partial charge in [0.2, 0.25) is 0 Å². The molecule has 1 N–H and O–H groups in total. The number of rotatable bonds is 6. The van der Waals surface area contributed by atoms with Crippen molar-refractivity contribution in [2.45, 2.75) is 6.54 Å². The van der Waals surface area contributed by atoms with Gasteiger partial charge in [0.15, 0.2) is 0 Å². The molecule has 0 fully saturated rings. The minimum Gasteiger partial charge on any atom is -0.312 e. The molecule has 1 rings (SSSR count). The van der Waals surface area contributed by atoms with E-state index in [0.717, 1.165) is 30.2 Å². The number of benzene rings is 1. The lowest BCUT2D eigenvalue weighted by Crippen LogP contribution is -2.16. The molecule has 0 bridgehead atoms. The summed E-state index contributed by atoms with van der Waals surface area (Å²) in [5.74, 6) is 4.38. The standard InChI is InChI=1S/C13H14N2S/c1-2-7-16-8-6-15-11-13-5-3-4-12(9-13)10-14/h1,3-5,9,15H,6-8,11H2. The van der Waals surface area contributed by atoms with Gasteiger partial charge in [0.1, 0.15) is 0 Å². The minimum absolute atomic E-state index is 0.709. The van der Waals surface area contributed by atoms with E-state index in [1.165, 1.54) is 0 Å². The van der Waals surface area contributed by atoms with Gasteiger partial charge in [-0.2, -0.15) is 5.26 Å². The Labute approximate surface area is 101 Å². The molecule has 0 saturated heterocycles. The second kappa shape index (κ2) is 7.82. The first-order valence-corrected chi connectivity index (χ1v) is 6.23. The zero-order valence-electron chi connectivity index (χ0n) is 9.07. The molecule has 16 heavy (non-hydrogen) atoms. The molecule has 0 heterocycles. The zero-order chi connectivity index (χ0) is 11.6. The summed E-state index contributed by atoms with van der Waals surface area (Å²) in [5, 5.41) is 12.1. The highest BCUT2D eigenvalue weighted by atomic mass is 32.2. The van der Waals surface area contributed by atoms with E-state index in [1.807, 2.05) is 24.3 Å². The van der Waals surface area contributed by atoms with Crippen molar-refractivity contribution in [3.8, 4) is 18.4 Å². The van der Waals surface area contributed by atoms with E-state index >= 15 is 0 Å². The Morgan fingerprint density at radius 3 is 3.06 bits per heavy atom. The van der Waals surface area contributed by atoms with Crippen LogP contribution >= 0.6 is 11.8 Å². The molecule has 1 aromatic rings. The van der Waals surface area contributed by atoms with Crippen LogP contribution in [-0.2, 0) is 6.54 Å². The zero-order valence-corrected chi connectivity index (χ0v) is 9.89. The summed E-state index contributed by atoms with van der Waals surface area (Å²) < 4.78 is 0. The molecule has 0 unspecified atom stereocenters. The lowest BCUT2D eigenvalue weighted by atomic mass is 10.1. The largest absolute Gasteiger partial charge is 0.312 e. The second-order valence-corrected chi connectivity index (χ2v) is 4.35. The average molecular weight is 230 g/mol. The minimum atomic E-state index is 0.709. The maximum absolute atomic E-state index is 8.74. The molecule has 0 aromatic heterocycles. The summed E-state index contributed by atoms with van der Waals surface area (Å²) in [7, 11) is 0. The lowest BCUT2D eigenvalue weighted by molar-refractivity contribution is 0.732. The van der Waals surface area contributed by atoms with Crippen LogP contribution in [0.4, 0.5) is 0 Å². The molecular formula is C13H14N2S. The third-order valence-electron chi connectivity index (χ3n) is 1.99. The van der Waals surface area contributed by atoms with Crippen LogP contribution in [0.3, 0.4) is 0 Å². The van der Waals surface area contributed by atoms with Crippen LogP contribution in [-0.4, -0.2) is 18.1 Å². The molecule has 82 valence electrons. The third kappa shape index (κ3) is 4.89. The predicted molar refractivity (Wildman–Crippen MR) is 69.0 cm³/mol. The van der Waals surface area contributed by atoms with Gasteiger partial charge in [0.25, 0.3) is 0 Å². The molecule has 2 nitrogen and oxygen atoms in total. The van der Waals surface area contributed by atoms with E-state index in [4.69, 9.17) is 11.7 Å². The van der Waals surface area contributed by atoms with Gasteiger partial charge in [0.05, 0.1) is 17.4 Å². The van der Waals surface area contributed by atoms with E-state index in [1.54, 1.807) is 11.8 Å². The van der Waals surface area contributed by atoms with E-state index in [0.29, 0.717) is 5.56 Å². The molecule has 3 heteroatoms. The fourth-order valence-electron chi connectivity index (χ4n) is 1.26. The summed E-state index contributed by atoms with van der Waals surface area (Å²) in [6.45, 7) is 1.73. The van der Waals surface area contributed by atoms with E-state index in [-0.39, 0.29) is 0 Å². The number of hydrogen-bond acceptors (Lipinski definition) is 3. The normalized spacial score (nSPS) is 9.38. The SMILES string of the molecule is C#CCSCCNCc1cccc(C#N)c1. The van der Waals surface area contributed by atoms with Gasteiger partial charge in [0, 0.05) is 18.8 Å². The van der Waals surface area contributed by atoms with Gasteiger partial charge >= 0.3 is 0 Å². The van der Waals surface area contributed by atoms with Crippen LogP contribution in [0.25, 0.3) is 0 Å². The van der Waals surface area contributed by atoms with Gasteiger partial charge in [-0.15, -0.1) is 18.2 Å². The van der Waals surface area contributed by atoms with E-state index in [9.17, 15) is 0 Å². The third-order valence-corrected chi connectivity index (χ3v) is 2.86. The number of hydrogen-bond donors (Lipinski definition) is 1. The summed E-state index contributed by atoms with van der Waals surface area (Å²) >= 11 is 1.75. The Bertz CT molecular complexity index is 401. The van der Waals surface area contributed by atoms with Crippen molar-refractivity contribution in [3.05, 3.63) is 35.4 Å². The van der Waals surface area contributed by atoms with E-state index < -0.39 is 0 Å². The first-order chi connectivity index (χ1) is 7.86. The van der Waals surface area contributed by atoms with Crippen LogP contribution in [0.15, 0.2) is 24.3 Å². The number of nitrogens with one attached hydrogen (secondary N) is 1. The summed E-state index contributed by atoms with van der Waals surface area (Å²) in [6, 6.07) is 9.77. The monoisotopic (exact) mass is 230 g/mol. The van der Waals surface area contributed by atoms with Gasteiger partial charge < -0.3 is 5.32 Å². The highest BCUT2D eigenvalue weighted by Crippen LogP contribution is 2.03. The van der Waals surface area contributed by atoms with E-state index in [2.05, 4.69) is 17.3 Å². The summed E-state index contributed by atoms with van der Waals surface area (Å²) in [5.41, 5.74) is 1.85. The number of nitrogens with zero attached hydrogens (tertiary/aromatic N) is 1. The molecular weight excluding hydrogens is 216 g/mol. The highest BCUT2D eigenvalue weighted by Gasteiger charge is 1.94. The van der Waals surface area contributed by atoms with Crippen LogP contribution in [0.2, 0.25) is 0 Å². The van der Waals surface area contributed by atoms with Crippen molar-refractivity contribution >= 4 is 11.8 Å². The first-order valence-electron chi connectivity index (χ1n) is 5.08. The molecule has 0 amide bonds. The number of nitriles is 1. The van der Waals surface area contributed by atoms with Crippen LogP contribution in [0.5, 0.6) is 0 Å². The van der Waals surface area contributed by atoms with Crippen molar-refractivity contribution in [1.29, 1.82) is 5.26 Å². The fraction of sp³-hybridized carbons (Fsp3) is 0.308. The molecule has 0 atom stereocenters. The van der Waals surface area contributed by atoms with Crippen LogP contribution in [0.1, 0.15) is 11.1 Å². The van der Waals surface area contributed by atoms with Crippen LogP contribution < -0.4 is 5.32 Å². The van der Waals surface area contributed by atoms with Crippen molar-refractivity contribution in [3.63, 3.8) is 0 Å². The fourth-order valence-corrected chi connectivity index (χ4v) is 1.81. The van der Waals surface area contributed by atoms with Gasteiger partial charge in [-0.3, -0.25) is 0 Å². The molecule has 0 radical (unpaired) electrons. The van der Waals surface area contributed by atoms with Gasteiger partial charge in [-0.05, 0) is 17.7 Å². The quantitative estimate of drug-likeness (QED) is 0.600.